The zero-order valence-electron chi connectivity index (χ0n) is 11.1. The van der Waals surface area contributed by atoms with Crippen LogP contribution in [0.3, 0.4) is 0 Å². The predicted octanol–water partition coefficient (Wildman–Crippen LogP) is 1.54. The molecule has 0 amide bonds. The van der Waals surface area contributed by atoms with Crippen molar-refractivity contribution >= 4 is 23.4 Å². The molecule has 2 rings (SSSR count). The Balaban J connectivity index is 2.26. The van der Waals surface area contributed by atoms with Crippen molar-refractivity contribution in [2.75, 3.05) is 30.0 Å². The highest BCUT2D eigenvalue weighted by molar-refractivity contribution is 8.00. The van der Waals surface area contributed by atoms with Crippen molar-refractivity contribution in [2.45, 2.75) is 31.7 Å². The molecule has 5 nitrogen and oxygen atoms in total. The van der Waals surface area contributed by atoms with Gasteiger partial charge in [-0.3, -0.25) is 0 Å². The van der Waals surface area contributed by atoms with Crippen molar-refractivity contribution in [3.05, 3.63) is 11.9 Å². The third-order valence-electron chi connectivity index (χ3n) is 3.23. The van der Waals surface area contributed by atoms with E-state index in [9.17, 15) is 0 Å². The quantitative estimate of drug-likeness (QED) is 0.897. The molecule has 18 heavy (non-hydrogen) atoms. The topological polar surface area (TPSA) is 64.3 Å². The van der Waals surface area contributed by atoms with Crippen LogP contribution in [0.1, 0.15) is 19.7 Å². The molecule has 1 aromatic rings. The number of nitrogens with zero attached hydrogens (tertiary/aromatic N) is 3. The van der Waals surface area contributed by atoms with E-state index < -0.39 is 0 Å². The molecule has 0 saturated carbocycles. The number of aromatic nitrogens is 2. The van der Waals surface area contributed by atoms with Crippen LogP contribution < -0.4 is 10.6 Å². The number of ether oxygens (including phenoxy) is 1. The maximum Gasteiger partial charge on any atom is 0.158 e. The third kappa shape index (κ3) is 2.87. The van der Waals surface area contributed by atoms with Crippen LogP contribution in [-0.4, -0.2) is 40.7 Å². The minimum absolute atomic E-state index is 0.393. The predicted molar refractivity (Wildman–Crippen MR) is 75.9 cm³/mol. The highest BCUT2D eigenvalue weighted by atomic mass is 32.2. The van der Waals surface area contributed by atoms with Crippen molar-refractivity contribution in [3.8, 4) is 0 Å². The number of rotatable bonds is 3. The molecule has 0 bridgehead atoms. The van der Waals surface area contributed by atoms with Gasteiger partial charge in [0.05, 0.1) is 0 Å². The Morgan fingerprint density at radius 3 is 3.00 bits per heavy atom. The smallest absolute Gasteiger partial charge is 0.158 e. The summed E-state index contributed by atoms with van der Waals surface area (Å²) in [5.74, 6) is 3.18. The number of thioether (sulfide) groups is 1. The van der Waals surface area contributed by atoms with Crippen molar-refractivity contribution in [1.29, 1.82) is 0 Å². The molecule has 6 heteroatoms. The molecule has 2 unspecified atom stereocenters. The van der Waals surface area contributed by atoms with Crippen LogP contribution in [0.2, 0.25) is 0 Å². The average Bonchev–Trinajstić information content (AvgIpc) is 2.32. The molecule has 0 radical (unpaired) electrons. The number of nitrogen functional groups attached to an aromatic ring is 1. The van der Waals surface area contributed by atoms with Gasteiger partial charge in [0.25, 0.3) is 0 Å². The van der Waals surface area contributed by atoms with E-state index in [1.165, 1.54) is 0 Å². The first-order valence-electron chi connectivity index (χ1n) is 6.12. The van der Waals surface area contributed by atoms with Crippen LogP contribution in [0.15, 0.2) is 6.07 Å². The van der Waals surface area contributed by atoms with Gasteiger partial charge in [-0.15, -0.1) is 0 Å². The van der Waals surface area contributed by atoms with Gasteiger partial charge < -0.3 is 15.4 Å². The first-order valence-corrected chi connectivity index (χ1v) is 7.17. The number of hydrogen-bond donors (Lipinski definition) is 1. The molecule has 1 saturated heterocycles. The minimum atomic E-state index is 0.393. The maximum absolute atomic E-state index is 5.84. The van der Waals surface area contributed by atoms with Crippen LogP contribution >= 0.6 is 11.8 Å². The molecule has 1 aromatic heterocycles. The van der Waals surface area contributed by atoms with Crippen LogP contribution in [-0.2, 0) is 11.3 Å². The van der Waals surface area contributed by atoms with Crippen LogP contribution in [0.25, 0.3) is 0 Å². The first-order chi connectivity index (χ1) is 8.61. The van der Waals surface area contributed by atoms with Gasteiger partial charge in [-0.2, -0.15) is 11.8 Å². The van der Waals surface area contributed by atoms with E-state index in [0.717, 1.165) is 18.1 Å². The van der Waals surface area contributed by atoms with Gasteiger partial charge in [0.2, 0.25) is 0 Å². The van der Waals surface area contributed by atoms with Crippen LogP contribution in [0.5, 0.6) is 0 Å². The van der Waals surface area contributed by atoms with Crippen molar-refractivity contribution < 1.29 is 4.74 Å². The number of methoxy groups -OCH3 is 1. The lowest BCUT2D eigenvalue weighted by molar-refractivity contribution is 0.178. The van der Waals surface area contributed by atoms with Crippen molar-refractivity contribution in [2.24, 2.45) is 0 Å². The van der Waals surface area contributed by atoms with E-state index in [4.69, 9.17) is 10.5 Å². The van der Waals surface area contributed by atoms with E-state index >= 15 is 0 Å². The van der Waals surface area contributed by atoms with Gasteiger partial charge >= 0.3 is 0 Å². The Kier molecular flexibility index (Phi) is 4.29. The van der Waals surface area contributed by atoms with Crippen molar-refractivity contribution in [1.82, 2.24) is 9.97 Å². The van der Waals surface area contributed by atoms with E-state index in [0.29, 0.717) is 29.5 Å². The molecule has 0 aliphatic carbocycles. The summed E-state index contributed by atoms with van der Waals surface area (Å²) in [4.78, 5) is 11.0. The molecule has 0 aromatic carbocycles. The summed E-state index contributed by atoms with van der Waals surface area (Å²) in [6, 6.07) is 2.30. The van der Waals surface area contributed by atoms with E-state index in [2.05, 4.69) is 28.7 Å². The molecular formula is C12H20N4OS. The fourth-order valence-corrected chi connectivity index (χ4v) is 3.20. The molecule has 0 spiro atoms. The summed E-state index contributed by atoms with van der Waals surface area (Å²) in [6.07, 6.45) is 0. The molecule has 2 heterocycles. The largest absolute Gasteiger partial charge is 0.384 e. The highest BCUT2D eigenvalue weighted by Gasteiger charge is 2.26. The molecule has 1 fully saturated rings. The standard InChI is InChI=1S/C12H20N4OS/c1-8-9(2)18-5-4-16(8)12-6-10(13)14-11(15-12)7-17-3/h6,8-9H,4-5,7H2,1-3H3,(H2,13,14,15). The molecule has 2 atom stereocenters. The molecular weight excluding hydrogens is 248 g/mol. The highest BCUT2D eigenvalue weighted by Crippen LogP contribution is 2.28. The lowest BCUT2D eigenvalue weighted by atomic mass is 10.2. The number of nitrogens with two attached hydrogens (primary N) is 1. The van der Waals surface area contributed by atoms with E-state index in [1.807, 2.05) is 17.8 Å². The fraction of sp³-hybridized carbons (Fsp3) is 0.667. The Morgan fingerprint density at radius 2 is 2.28 bits per heavy atom. The second-order valence-corrected chi connectivity index (χ2v) is 6.00. The molecule has 100 valence electrons. The number of hydrogen-bond acceptors (Lipinski definition) is 6. The SMILES string of the molecule is COCc1nc(N)cc(N2CCSC(C)C2C)n1. The van der Waals surface area contributed by atoms with Gasteiger partial charge in [-0.05, 0) is 6.92 Å². The second-order valence-electron chi connectivity index (χ2n) is 4.51. The Hall–Kier alpha value is -1.01. The van der Waals surface area contributed by atoms with Crippen LogP contribution in [0, 0.1) is 0 Å². The minimum Gasteiger partial charge on any atom is -0.384 e. The molecule has 1 aliphatic rings. The lowest BCUT2D eigenvalue weighted by Gasteiger charge is -2.38. The number of anilines is 2. The first kappa shape index (κ1) is 13.4. The van der Waals surface area contributed by atoms with E-state index in [-0.39, 0.29) is 0 Å². The normalized spacial score (nSPS) is 24.3. The zero-order chi connectivity index (χ0) is 13.1. The summed E-state index contributed by atoms with van der Waals surface area (Å²) < 4.78 is 5.07. The van der Waals surface area contributed by atoms with Crippen molar-refractivity contribution in [3.63, 3.8) is 0 Å². The molecule has 2 N–H and O–H groups in total. The molecule has 1 aliphatic heterocycles. The lowest BCUT2D eigenvalue weighted by Crippen LogP contribution is -2.45. The van der Waals surface area contributed by atoms with Gasteiger partial charge in [-0.25, -0.2) is 9.97 Å². The summed E-state index contributed by atoms with van der Waals surface area (Å²) in [7, 11) is 1.63. The van der Waals surface area contributed by atoms with Gasteiger partial charge in [-0.1, -0.05) is 6.92 Å². The zero-order valence-corrected chi connectivity index (χ0v) is 11.9. The summed E-state index contributed by atoms with van der Waals surface area (Å²) >= 11 is 2.00. The van der Waals surface area contributed by atoms with Crippen LogP contribution in [0.4, 0.5) is 11.6 Å². The van der Waals surface area contributed by atoms with Gasteiger partial charge in [0.1, 0.15) is 18.2 Å². The van der Waals surface area contributed by atoms with E-state index in [1.54, 1.807) is 7.11 Å². The Bertz CT molecular complexity index is 415. The third-order valence-corrected chi connectivity index (χ3v) is 4.57. The Morgan fingerprint density at radius 1 is 1.50 bits per heavy atom. The summed E-state index contributed by atoms with van der Waals surface area (Å²) in [5.41, 5.74) is 5.84. The van der Waals surface area contributed by atoms with Gasteiger partial charge in [0.15, 0.2) is 5.82 Å². The second kappa shape index (κ2) is 5.75. The monoisotopic (exact) mass is 268 g/mol. The fourth-order valence-electron chi connectivity index (χ4n) is 2.10. The van der Waals surface area contributed by atoms with Gasteiger partial charge in [0, 0.05) is 36.8 Å². The summed E-state index contributed by atoms with van der Waals surface area (Å²) in [6.45, 7) is 5.87. The maximum atomic E-state index is 5.84. The average molecular weight is 268 g/mol. The summed E-state index contributed by atoms with van der Waals surface area (Å²) in [5, 5.41) is 0.598. The Labute approximate surface area is 112 Å².